The van der Waals surface area contributed by atoms with E-state index in [4.69, 9.17) is 9.47 Å². The van der Waals surface area contributed by atoms with Crippen LogP contribution in [0.1, 0.15) is 19.4 Å². The van der Waals surface area contributed by atoms with Crippen molar-refractivity contribution in [3.05, 3.63) is 64.2 Å². The van der Waals surface area contributed by atoms with Crippen LogP contribution in [0.2, 0.25) is 0 Å². The average Bonchev–Trinajstić information content (AvgIpc) is 2.80. The molecule has 0 heterocycles. The van der Waals surface area contributed by atoms with Gasteiger partial charge >= 0.3 is 6.16 Å². The maximum Gasteiger partial charge on any atom is 0.514 e. The van der Waals surface area contributed by atoms with Crippen molar-refractivity contribution in [3.8, 4) is 5.75 Å². The summed E-state index contributed by atoms with van der Waals surface area (Å²) in [6, 6.07) is 10.6. The minimum atomic E-state index is -0.983. The molecule has 2 rings (SSSR count). The molecule has 0 bridgehead atoms. The molecular weight excluding hydrogens is 705 g/mol. The maximum atomic E-state index is 12.1. The van der Waals surface area contributed by atoms with Gasteiger partial charge in [0.1, 0.15) is 12.4 Å². The first-order valence-electron chi connectivity index (χ1n) is 10.1. The standard InChI is InChI=1S/C22H23N4O8.Fm/c1-14(2)20(24-13-27)21(29)23-11-19(28)25-16-5-3-15(4-6-16)12-33-22(30)34-18-9-7-17(8-10-18)26(31)32;/h3-10,14,20H,11-12H2,1-2H3,(H,23,29)(H,24,27)(H,25,28);/q-1;. The van der Waals surface area contributed by atoms with E-state index in [-0.39, 0.29) is 30.5 Å². The number of non-ortho nitro benzene ring substituents is 1. The predicted molar refractivity (Wildman–Crippen MR) is 119 cm³/mol. The van der Waals surface area contributed by atoms with Crippen molar-refractivity contribution in [2.75, 3.05) is 11.9 Å². The molecule has 0 fully saturated rings. The fourth-order valence-corrected chi connectivity index (χ4v) is 2.67. The molecule has 35 heavy (non-hydrogen) atoms. The van der Waals surface area contributed by atoms with Crippen LogP contribution in [0.4, 0.5) is 16.2 Å². The van der Waals surface area contributed by atoms with Crippen LogP contribution in [0.3, 0.4) is 0 Å². The van der Waals surface area contributed by atoms with E-state index in [2.05, 4.69) is 16.0 Å². The third-order valence-corrected chi connectivity index (χ3v) is 4.43. The zero-order chi connectivity index (χ0) is 25.1. The van der Waals surface area contributed by atoms with Crippen LogP contribution >= 0.6 is 0 Å². The summed E-state index contributed by atoms with van der Waals surface area (Å²) in [4.78, 5) is 56.4. The molecule has 192 valence electrons. The third kappa shape index (κ3) is 8.88. The first-order chi connectivity index (χ1) is 16.2. The molecule has 1 atom stereocenters. The number of nitro benzene ring substituents is 1. The fraction of sp³-hybridized carbons (Fsp3) is 0.273. The van der Waals surface area contributed by atoms with Gasteiger partial charge in [0.2, 0.25) is 11.8 Å². The van der Waals surface area contributed by atoms with E-state index in [1.807, 2.05) is 0 Å². The Bertz CT molecular complexity index is 1030. The van der Waals surface area contributed by atoms with E-state index in [1.165, 1.54) is 30.7 Å². The molecule has 3 amide bonds. The second-order valence-electron chi connectivity index (χ2n) is 7.32. The minimum Gasteiger partial charge on any atom is -0.520 e. The molecular formula is C22H23FmN4O8-. The quantitative estimate of drug-likeness (QED) is 0.0791. The number of hydrogen-bond acceptors (Lipinski definition) is 8. The zero-order valence-electron chi connectivity index (χ0n) is 18.7. The van der Waals surface area contributed by atoms with Gasteiger partial charge < -0.3 is 30.2 Å². The molecule has 0 spiro atoms. The number of nitrogens with zero attached hydrogens (tertiary/aromatic N) is 1. The first kappa shape index (κ1) is 27.6. The van der Waals surface area contributed by atoms with E-state index in [0.29, 0.717) is 11.3 Å². The second-order valence-corrected chi connectivity index (χ2v) is 7.32. The van der Waals surface area contributed by atoms with Crippen LogP contribution in [-0.2, 0) is 25.7 Å². The van der Waals surface area contributed by atoms with Crippen molar-refractivity contribution in [2.24, 2.45) is 5.92 Å². The summed E-state index contributed by atoms with van der Waals surface area (Å²) in [5.41, 5.74) is 0.933. The van der Waals surface area contributed by atoms with Crippen LogP contribution in [0, 0.1) is 16.0 Å². The van der Waals surface area contributed by atoms with Crippen LogP contribution in [0.15, 0.2) is 48.5 Å². The van der Waals surface area contributed by atoms with Gasteiger partial charge in [-0.15, -0.1) is 0 Å². The number of amides is 3. The van der Waals surface area contributed by atoms with Gasteiger partial charge in [-0.2, -0.15) is 6.41 Å². The van der Waals surface area contributed by atoms with Crippen molar-refractivity contribution in [2.45, 2.75) is 26.5 Å². The van der Waals surface area contributed by atoms with Gasteiger partial charge in [-0.05, 0) is 35.7 Å². The van der Waals surface area contributed by atoms with Gasteiger partial charge in [0, 0.05) is 17.8 Å². The molecule has 0 aromatic heterocycles. The SMILES string of the molecule is CC(C)C(N[C-]=O)C(=O)NCC(=O)Nc1ccc(COC(=O)Oc2ccc([N+](=O)[O-])cc2)cc1.[Fm]. The van der Waals surface area contributed by atoms with Crippen LogP contribution in [0.5, 0.6) is 5.75 Å². The summed E-state index contributed by atoms with van der Waals surface area (Å²) in [5, 5.41) is 18.0. The van der Waals surface area contributed by atoms with Crippen molar-refractivity contribution in [3.63, 3.8) is 0 Å². The molecule has 0 radical (unpaired) electrons. The molecule has 12 nitrogen and oxygen atoms in total. The summed E-state index contributed by atoms with van der Waals surface area (Å²) >= 11 is 0. The molecule has 3 N–H and O–H groups in total. The van der Waals surface area contributed by atoms with Crippen molar-refractivity contribution < 1.29 is 33.6 Å². The van der Waals surface area contributed by atoms with Gasteiger partial charge in [0.05, 0.1) is 17.5 Å². The Labute approximate surface area is 194 Å². The average molecular weight is 728 g/mol. The molecule has 0 aliphatic carbocycles. The Morgan fingerprint density at radius 1 is 1.06 bits per heavy atom. The molecule has 2 aromatic rings. The molecule has 0 aliphatic rings. The minimum absolute atomic E-state index is 0. The van der Waals surface area contributed by atoms with Gasteiger partial charge in [0.25, 0.3) is 5.69 Å². The summed E-state index contributed by atoms with van der Waals surface area (Å²) in [6.07, 6.45) is 0.492. The number of nitro groups is 1. The normalized spacial score (nSPS) is 10.8. The van der Waals surface area contributed by atoms with Gasteiger partial charge in [-0.1, -0.05) is 26.0 Å². The second kappa shape index (κ2) is 13.2. The molecule has 0 saturated heterocycles. The van der Waals surface area contributed by atoms with Gasteiger partial charge in [-0.3, -0.25) is 19.7 Å². The van der Waals surface area contributed by atoms with Gasteiger partial charge in [0.15, 0.2) is 0 Å². The van der Waals surface area contributed by atoms with Gasteiger partial charge in [-0.25, -0.2) is 4.79 Å². The Kier molecular flexibility index (Phi) is 10.4. The fourth-order valence-electron chi connectivity index (χ4n) is 2.67. The number of ether oxygens (including phenoxy) is 2. The van der Waals surface area contributed by atoms with E-state index in [9.17, 15) is 29.3 Å². The monoisotopic (exact) mass is 728 g/mol. The van der Waals surface area contributed by atoms with Crippen molar-refractivity contribution >= 4 is 35.8 Å². The van der Waals surface area contributed by atoms with Crippen molar-refractivity contribution in [1.82, 2.24) is 10.6 Å². The zero-order valence-corrected chi connectivity index (χ0v) is 21.1. The van der Waals surface area contributed by atoms with Crippen LogP contribution < -0.4 is 20.7 Å². The first-order valence-corrected chi connectivity index (χ1v) is 10.1. The Morgan fingerprint density at radius 2 is 1.69 bits per heavy atom. The molecule has 13 heteroatoms. The van der Waals surface area contributed by atoms with E-state index >= 15 is 0 Å². The number of carbonyl (C=O) groups excluding carboxylic acids is 4. The molecule has 2 aromatic carbocycles. The smallest absolute Gasteiger partial charge is 0.514 e. The Hall–Kier alpha value is -5.48. The molecule has 0 aliphatic heterocycles. The molecule has 0 saturated carbocycles. The number of carbonyl (C=O) groups is 3. The number of nitrogens with one attached hydrogen (secondary N) is 3. The Balaban J connectivity index is 0.00000612. The van der Waals surface area contributed by atoms with Crippen molar-refractivity contribution in [1.29, 1.82) is 0 Å². The van der Waals surface area contributed by atoms with Crippen LogP contribution in [0.25, 0.3) is 0 Å². The number of benzene rings is 2. The molecule has 1 unspecified atom stereocenters. The summed E-state index contributed by atoms with van der Waals surface area (Å²) in [5.74, 6) is -1.05. The number of anilines is 1. The Morgan fingerprint density at radius 3 is 2.23 bits per heavy atom. The topological polar surface area (TPSA) is 166 Å². The largest absolute Gasteiger partial charge is 0.520 e. The predicted octanol–water partition coefficient (Wildman–Crippen LogP) is 2.05. The number of hydrogen-bond donors (Lipinski definition) is 3. The summed E-state index contributed by atoms with van der Waals surface area (Å²) in [6.45, 7) is 3.10. The van der Waals surface area contributed by atoms with Crippen LogP contribution in [-0.4, -0.2) is 41.9 Å². The van der Waals surface area contributed by atoms with E-state index < -0.39 is 28.9 Å². The summed E-state index contributed by atoms with van der Waals surface area (Å²) in [7, 11) is 0. The third-order valence-electron chi connectivity index (χ3n) is 4.43. The maximum absolute atomic E-state index is 12.1. The van der Waals surface area contributed by atoms with E-state index in [0.717, 1.165) is 0 Å². The number of rotatable bonds is 11. The van der Waals surface area contributed by atoms with E-state index in [1.54, 1.807) is 38.1 Å². The summed E-state index contributed by atoms with van der Waals surface area (Å²) < 4.78 is 9.93.